The van der Waals surface area contributed by atoms with Crippen molar-refractivity contribution in [3.8, 4) is 0 Å². The summed E-state index contributed by atoms with van der Waals surface area (Å²) in [5.41, 5.74) is 5.58. The molecule has 0 aliphatic carbocycles. The van der Waals surface area contributed by atoms with Gasteiger partial charge in [-0.3, -0.25) is 0 Å². The Morgan fingerprint density at radius 1 is 1.60 bits per heavy atom. The first kappa shape index (κ1) is 12.9. The minimum absolute atomic E-state index is 0.177. The minimum atomic E-state index is 0.177. The van der Waals surface area contributed by atoms with E-state index in [-0.39, 0.29) is 6.10 Å². The van der Waals surface area contributed by atoms with E-state index in [1.165, 1.54) is 11.5 Å². The third kappa shape index (κ3) is 4.92. The lowest BCUT2D eigenvalue weighted by Crippen LogP contribution is -2.24. The zero-order chi connectivity index (χ0) is 11.1. The summed E-state index contributed by atoms with van der Waals surface area (Å²) < 4.78 is 10.6. The Hall–Kier alpha value is -0.170. The van der Waals surface area contributed by atoms with Crippen LogP contribution < -0.4 is 5.73 Å². The lowest BCUT2D eigenvalue weighted by molar-refractivity contribution is 0.0674. The first-order chi connectivity index (χ1) is 7.26. The summed E-state index contributed by atoms with van der Waals surface area (Å²) >= 11 is 3.17. The normalized spacial score (nSPS) is 13.0. The Morgan fingerprint density at radius 2 is 2.40 bits per heavy atom. The van der Waals surface area contributed by atoms with Crippen molar-refractivity contribution in [2.75, 3.05) is 18.9 Å². The van der Waals surface area contributed by atoms with Crippen LogP contribution in [0.15, 0.2) is 4.34 Å². The van der Waals surface area contributed by atoms with Crippen LogP contribution >= 0.6 is 23.3 Å². The van der Waals surface area contributed by atoms with Gasteiger partial charge in [0.1, 0.15) is 5.82 Å². The summed E-state index contributed by atoms with van der Waals surface area (Å²) in [6.07, 6.45) is 1.14. The van der Waals surface area contributed by atoms with E-state index in [1.807, 2.05) is 13.8 Å². The van der Waals surface area contributed by atoms with Gasteiger partial charge in [0, 0.05) is 18.9 Å². The zero-order valence-corrected chi connectivity index (χ0v) is 10.7. The molecule has 0 bridgehead atoms. The van der Waals surface area contributed by atoms with E-state index < -0.39 is 0 Å². The summed E-state index contributed by atoms with van der Waals surface area (Å²) in [6, 6.07) is 0. The molecule has 0 saturated heterocycles. The Bertz CT molecular complexity index is 280. The van der Waals surface area contributed by atoms with Crippen LogP contribution in [0, 0.1) is 6.92 Å². The highest BCUT2D eigenvalue weighted by atomic mass is 32.2. The van der Waals surface area contributed by atoms with Crippen molar-refractivity contribution < 1.29 is 4.74 Å². The molecule has 0 radical (unpaired) electrons. The molecular formula is C9H17N3OS2. The second kappa shape index (κ2) is 7.16. The zero-order valence-electron chi connectivity index (χ0n) is 9.10. The summed E-state index contributed by atoms with van der Waals surface area (Å²) in [5.74, 6) is 1.83. The van der Waals surface area contributed by atoms with Crippen LogP contribution in [0.1, 0.15) is 19.2 Å². The summed E-state index contributed by atoms with van der Waals surface area (Å²) in [7, 11) is 0. The lowest BCUT2D eigenvalue weighted by Gasteiger charge is -2.13. The van der Waals surface area contributed by atoms with Crippen LogP contribution in [0.3, 0.4) is 0 Å². The number of nitrogens with zero attached hydrogens (tertiary/aromatic N) is 2. The van der Waals surface area contributed by atoms with Gasteiger partial charge in [0.2, 0.25) is 0 Å². The number of nitrogens with two attached hydrogens (primary N) is 1. The number of thioether (sulfide) groups is 1. The lowest BCUT2D eigenvalue weighted by atomic mass is 10.3. The van der Waals surface area contributed by atoms with Gasteiger partial charge in [0.05, 0.1) is 6.10 Å². The highest BCUT2D eigenvalue weighted by molar-refractivity contribution is 8.00. The number of hydrogen-bond donors (Lipinski definition) is 1. The SMILES string of the molecule is CCOC(CN)CCSc1nc(C)ns1. The molecule has 86 valence electrons. The van der Waals surface area contributed by atoms with Crippen LogP contribution in [-0.2, 0) is 4.74 Å². The first-order valence-electron chi connectivity index (χ1n) is 5.01. The van der Waals surface area contributed by atoms with E-state index in [0.717, 1.165) is 28.9 Å². The van der Waals surface area contributed by atoms with Crippen LogP contribution in [0.5, 0.6) is 0 Å². The van der Waals surface area contributed by atoms with Crippen molar-refractivity contribution in [3.63, 3.8) is 0 Å². The van der Waals surface area contributed by atoms with E-state index in [9.17, 15) is 0 Å². The van der Waals surface area contributed by atoms with Gasteiger partial charge in [-0.2, -0.15) is 4.37 Å². The molecule has 0 saturated carbocycles. The molecule has 4 nitrogen and oxygen atoms in total. The molecule has 0 aromatic carbocycles. The van der Waals surface area contributed by atoms with Crippen LogP contribution in [-0.4, -0.2) is 34.4 Å². The van der Waals surface area contributed by atoms with Gasteiger partial charge < -0.3 is 10.5 Å². The predicted octanol–water partition coefficient (Wildman–Crippen LogP) is 1.69. The highest BCUT2D eigenvalue weighted by Crippen LogP contribution is 2.21. The number of hydrogen-bond acceptors (Lipinski definition) is 6. The van der Waals surface area contributed by atoms with Gasteiger partial charge in [-0.05, 0) is 31.8 Å². The van der Waals surface area contributed by atoms with Crippen LogP contribution in [0.4, 0.5) is 0 Å². The summed E-state index contributed by atoms with van der Waals surface area (Å²) in [4.78, 5) is 4.28. The van der Waals surface area contributed by atoms with Crippen molar-refractivity contribution in [2.24, 2.45) is 5.73 Å². The Kier molecular flexibility index (Phi) is 6.16. The van der Waals surface area contributed by atoms with E-state index >= 15 is 0 Å². The van der Waals surface area contributed by atoms with E-state index in [0.29, 0.717) is 6.54 Å². The predicted molar refractivity (Wildman–Crippen MR) is 64.5 cm³/mol. The van der Waals surface area contributed by atoms with Gasteiger partial charge in [-0.15, -0.1) is 0 Å². The van der Waals surface area contributed by atoms with Gasteiger partial charge in [0.15, 0.2) is 4.34 Å². The second-order valence-corrected chi connectivity index (χ2v) is 5.15. The molecule has 0 spiro atoms. The Balaban J connectivity index is 2.20. The van der Waals surface area contributed by atoms with E-state index in [2.05, 4.69) is 9.36 Å². The molecule has 2 N–H and O–H groups in total. The molecule has 6 heteroatoms. The standard InChI is InChI=1S/C9H17N3OS2/c1-3-13-8(6-10)4-5-14-9-11-7(2)12-15-9/h8H,3-6,10H2,1-2H3. The third-order valence-electron chi connectivity index (χ3n) is 1.84. The summed E-state index contributed by atoms with van der Waals surface area (Å²) in [5, 5.41) is 0. The van der Waals surface area contributed by atoms with E-state index in [1.54, 1.807) is 11.8 Å². The molecule has 0 aliphatic heterocycles. The van der Waals surface area contributed by atoms with Crippen molar-refractivity contribution >= 4 is 23.3 Å². The van der Waals surface area contributed by atoms with Crippen molar-refractivity contribution in [3.05, 3.63) is 5.82 Å². The largest absolute Gasteiger partial charge is 0.377 e. The maximum Gasteiger partial charge on any atom is 0.170 e. The third-order valence-corrected chi connectivity index (χ3v) is 3.80. The molecule has 1 unspecified atom stereocenters. The number of aryl methyl sites for hydroxylation is 1. The molecule has 1 rings (SSSR count). The van der Waals surface area contributed by atoms with Crippen molar-refractivity contribution in [2.45, 2.75) is 30.7 Å². The van der Waals surface area contributed by atoms with Crippen LogP contribution in [0.2, 0.25) is 0 Å². The molecule has 0 amide bonds. The fourth-order valence-corrected chi connectivity index (χ4v) is 2.87. The van der Waals surface area contributed by atoms with Crippen LogP contribution in [0.25, 0.3) is 0 Å². The Labute approximate surface area is 98.8 Å². The van der Waals surface area contributed by atoms with E-state index in [4.69, 9.17) is 10.5 Å². The van der Waals surface area contributed by atoms with Crippen molar-refractivity contribution in [1.82, 2.24) is 9.36 Å². The highest BCUT2D eigenvalue weighted by Gasteiger charge is 2.07. The average Bonchev–Trinajstić information content (AvgIpc) is 2.63. The second-order valence-electron chi connectivity index (χ2n) is 3.06. The minimum Gasteiger partial charge on any atom is -0.377 e. The van der Waals surface area contributed by atoms with Crippen molar-refractivity contribution in [1.29, 1.82) is 0 Å². The molecule has 15 heavy (non-hydrogen) atoms. The van der Waals surface area contributed by atoms with Gasteiger partial charge in [0.25, 0.3) is 0 Å². The summed E-state index contributed by atoms with van der Waals surface area (Å²) in [6.45, 7) is 5.21. The van der Waals surface area contributed by atoms with Gasteiger partial charge >= 0.3 is 0 Å². The number of aromatic nitrogens is 2. The molecule has 0 aliphatic rings. The average molecular weight is 247 g/mol. The smallest absolute Gasteiger partial charge is 0.170 e. The first-order valence-corrected chi connectivity index (χ1v) is 6.77. The molecule has 1 aromatic heterocycles. The quantitative estimate of drug-likeness (QED) is 0.743. The van der Waals surface area contributed by atoms with Gasteiger partial charge in [-0.25, -0.2) is 4.98 Å². The molecule has 0 fully saturated rings. The number of rotatable bonds is 7. The molecular weight excluding hydrogens is 230 g/mol. The maximum absolute atomic E-state index is 5.58. The maximum atomic E-state index is 5.58. The topological polar surface area (TPSA) is 61.0 Å². The number of ether oxygens (including phenoxy) is 1. The molecule has 1 heterocycles. The Morgan fingerprint density at radius 3 is 2.93 bits per heavy atom. The fourth-order valence-electron chi connectivity index (χ4n) is 1.12. The molecule has 1 atom stereocenters. The monoisotopic (exact) mass is 247 g/mol. The fraction of sp³-hybridized carbons (Fsp3) is 0.778. The van der Waals surface area contributed by atoms with Gasteiger partial charge in [-0.1, -0.05) is 11.8 Å². The molecule has 1 aromatic rings.